The molecule has 0 spiro atoms. The molecule has 0 N–H and O–H groups in total. The van der Waals surface area contributed by atoms with Crippen LogP contribution in [-0.4, -0.2) is 25.3 Å². The Balaban J connectivity index is 1.92. The van der Waals surface area contributed by atoms with Gasteiger partial charge in [-0.1, -0.05) is 6.42 Å². The summed E-state index contributed by atoms with van der Waals surface area (Å²) in [4.78, 5) is 0.309. The fraction of sp³-hybridized carbons (Fsp3) is 0.533. The molecule has 4 nitrogen and oxygen atoms in total. The van der Waals surface area contributed by atoms with Crippen LogP contribution in [0.25, 0.3) is 0 Å². The molecule has 0 aromatic heterocycles. The molecule has 1 aromatic rings. The third-order valence-corrected chi connectivity index (χ3v) is 6.47. The van der Waals surface area contributed by atoms with E-state index in [1.54, 1.807) is 28.6 Å². The average Bonchev–Trinajstić information content (AvgIpc) is 2.95. The van der Waals surface area contributed by atoms with E-state index in [0.29, 0.717) is 22.9 Å². The molecule has 5 heteroatoms. The van der Waals surface area contributed by atoms with E-state index in [-0.39, 0.29) is 6.04 Å². The molecule has 1 saturated heterocycles. The minimum atomic E-state index is -3.42. The fourth-order valence-corrected chi connectivity index (χ4v) is 5.30. The second kappa shape index (κ2) is 5.19. The topological polar surface area (TPSA) is 61.2 Å². The summed E-state index contributed by atoms with van der Waals surface area (Å²) in [7, 11) is -3.42. The molecule has 1 saturated carbocycles. The lowest BCUT2D eigenvalue weighted by atomic mass is 9.94. The van der Waals surface area contributed by atoms with Gasteiger partial charge in [-0.3, -0.25) is 0 Å². The summed E-state index contributed by atoms with van der Waals surface area (Å²) in [5.41, 5.74) is 0.487. The first-order valence-electron chi connectivity index (χ1n) is 7.15. The van der Waals surface area contributed by atoms with Gasteiger partial charge in [0.25, 0.3) is 0 Å². The smallest absolute Gasteiger partial charge is 0.207 e. The molecule has 0 bridgehead atoms. The second-order valence-electron chi connectivity index (χ2n) is 5.65. The predicted octanol–water partition coefficient (Wildman–Crippen LogP) is 2.51. The molecule has 1 aromatic carbocycles. The Morgan fingerprint density at radius 3 is 2.50 bits per heavy atom. The summed E-state index contributed by atoms with van der Waals surface area (Å²) in [6.45, 7) is 0.628. The highest BCUT2D eigenvalue weighted by Gasteiger charge is 2.41. The highest BCUT2D eigenvalue weighted by atomic mass is 32.2. The van der Waals surface area contributed by atoms with Crippen LogP contribution in [-0.2, 0) is 10.0 Å². The van der Waals surface area contributed by atoms with E-state index >= 15 is 0 Å². The lowest BCUT2D eigenvalue weighted by molar-refractivity contribution is 0.202. The average molecular weight is 290 g/mol. The predicted molar refractivity (Wildman–Crippen MR) is 75.4 cm³/mol. The van der Waals surface area contributed by atoms with Crippen molar-refractivity contribution in [2.75, 3.05) is 6.54 Å². The molecular formula is C15H18N2O2S. The van der Waals surface area contributed by atoms with Gasteiger partial charge in [-0.05, 0) is 55.9 Å². The largest absolute Gasteiger partial charge is 0.243 e. The SMILES string of the molecule is N#Cc1ccc(S(=O)(=O)N2CCCC3CCCC32)cc1. The maximum absolute atomic E-state index is 12.8. The number of hydrogen-bond donors (Lipinski definition) is 0. The van der Waals surface area contributed by atoms with E-state index in [1.165, 1.54) is 0 Å². The van der Waals surface area contributed by atoms with Crippen LogP contribution < -0.4 is 0 Å². The number of piperidine rings is 1. The van der Waals surface area contributed by atoms with E-state index < -0.39 is 10.0 Å². The van der Waals surface area contributed by atoms with Gasteiger partial charge in [0.15, 0.2) is 0 Å². The van der Waals surface area contributed by atoms with E-state index in [4.69, 9.17) is 5.26 Å². The lowest BCUT2D eigenvalue weighted by Gasteiger charge is -2.36. The maximum atomic E-state index is 12.8. The van der Waals surface area contributed by atoms with Gasteiger partial charge in [-0.2, -0.15) is 9.57 Å². The van der Waals surface area contributed by atoms with E-state index in [0.717, 1.165) is 32.1 Å². The highest BCUT2D eigenvalue weighted by molar-refractivity contribution is 7.89. The Labute approximate surface area is 120 Å². The lowest BCUT2D eigenvalue weighted by Crippen LogP contribution is -2.46. The van der Waals surface area contributed by atoms with Crippen molar-refractivity contribution in [3.05, 3.63) is 29.8 Å². The number of nitriles is 1. The molecule has 2 fully saturated rings. The van der Waals surface area contributed by atoms with E-state index in [2.05, 4.69) is 0 Å². The molecular weight excluding hydrogens is 272 g/mol. The number of fused-ring (bicyclic) bond motifs is 1. The van der Waals surface area contributed by atoms with Crippen LogP contribution in [0.2, 0.25) is 0 Å². The third-order valence-electron chi connectivity index (χ3n) is 4.53. The van der Waals surface area contributed by atoms with Crippen LogP contribution in [0.4, 0.5) is 0 Å². The molecule has 20 heavy (non-hydrogen) atoms. The summed E-state index contributed by atoms with van der Waals surface area (Å²) in [6, 6.07) is 8.44. The van der Waals surface area contributed by atoms with Crippen LogP contribution in [0.15, 0.2) is 29.2 Å². The number of sulfonamides is 1. The first kappa shape index (κ1) is 13.6. The van der Waals surface area contributed by atoms with Crippen molar-refractivity contribution in [1.82, 2.24) is 4.31 Å². The molecule has 106 valence electrons. The van der Waals surface area contributed by atoms with Crippen molar-refractivity contribution in [2.45, 2.75) is 43.0 Å². The van der Waals surface area contributed by atoms with Crippen molar-refractivity contribution in [3.8, 4) is 6.07 Å². The van der Waals surface area contributed by atoms with Gasteiger partial charge >= 0.3 is 0 Å². The molecule has 1 aliphatic heterocycles. The Bertz CT molecular complexity index is 631. The number of rotatable bonds is 2. The Hall–Kier alpha value is -1.38. The molecule has 1 aliphatic carbocycles. The van der Waals surface area contributed by atoms with Crippen LogP contribution in [0.5, 0.6) is 0 Å². The normalized spacial score (nSPS) is 26.9. The van der Waals surface area contributed by atoms with Crippen LogP contribution >= 0.6 is 0 Å². The first-order valence-corrected chi connectivity index (χ1v) is 8.59. The van der Waals surface area contributed by atoms with Crippen LogP contribution in [0.1, 0.15) is 37.7 Å². The molecule has 2 aliphatic rings. The van der Waals surface area contributed by atoms with Gasteiger partial charge in [-0.15, -0.1) is 0 Å². The van der Waals surface area contributed by atoms with Crippen molar-refractivity contribution in [3.63, 3.8) is 0 Å². The zero-order valence-corrected chi connectivity index (χ0v) is 12.1. The van der Waals surface area contributed by atoms with Crippen molar-refractivity contribution in [2.24, 2.45) is 5.92 Å². The molecule has 0 amide bonds. The highest BCUT2D eigenvalue weighted by Crippen LogP contribution is 2.39. The first-order chi connectivity index (χ1) is 9.63. The van der Waals surface area contributed by atoms with Crippen LogP contribution in [0.3, 0.4) is 0 Å². The van der Waals surface area contributed by atoms with Crippen LogP contribution in [0, 0.1) is 17.2 Å². The number of nitrogens with zero attached hydrogens (tertiary/aromatic N) is 2. The second-order valence-corrected chi connectivity index (χ2v) is 7.54. The number of benzene rings is 1. The van der Waals surface area contributed by atoms with E-state index in [9.17, 15) is 8.42 Å². The molecule has 2 atom stereocenters. The summed E-state index contributed by atoms with van der Waals surface area (Å²) >= 11 is 0. The monoisotopic (exact) mass is 290 g/mol. The molecule has 0 radical (unpaired) electrons. The molecule has 1 heterocycles. The van der Waals surface area contributed by atoms with Gasteiger partial charge in [-0.25, -0.2) is 8.42 Å². The third kappa shape index (κ3) is 2.23. The van der Waals surface area contributed by atoms with Crippen molar-refractivity contribution in [1.29, 1.82) is 5.26 Å². The summed E-state index contributed by atoms with van der Waals surface area (Å²) in [5, 5.41) is 8.79. The summed E-state index contributed by atoms with van der Waals surface area (Å²) in [5.74, 6) is 0.539. The molecule has 3 rings (SSSR count). The van der Waals surface area contributed by atoms with Gasteiger partial charge in [0.05, 0.1) is 16.5 Å². The van der Waals surface area contributed by atoms with Gasteiger partial charge in [0.2, 0.25) is 10.0 Å². The van der Waals surface area contributed by atoms with Gasteiger partial charge in [0, 0.05) is 12.6 Å². The fourth-order valence-electron chi connectivity index (χ4n) is 3.54. The zero-order chi connectivity index (χ0) is 14.2. The minimum absolute atomic E-state index is 0.185. The van der Waals surface area contributed by atoms with Crippen molar-refractivity contribution < 1.29 is 8.42 Å². The maximum Gasteiger partial charge on any atom is 0.243 e. The van der Waals surface area contributed by atoms with Gasteiger partial charge < -0.3 is 0 Å². The Kier molecular flexibility index (Phi) is 3.53. The van der Waals surface area contributed by atoms with Gasteiger partial charge in [0.1, 0.15) is 0 Å². The standard InChI is InChI=1S/C15H18N2O2S/c16-11-12-6-8-14(9-7-12)20(18,19)17-10-2-4-13-3-1-5-15(13)17/h6-9,13,15H,1-5,10H2. The Morgan fingerprint density at radius 1 is 1.10 bits per heavy atom. The number of hydrogen-bond acceptors (Lipinski definition) is 3. The van der Waals surface area contributed by atoms with Crippen molar-refractivity contribution >= 4 is 10.0 Å². The summed E-state index contributed by atoms with van der Waals surface area (Å²) < 4.78 is 27.2. The summed E-state index contributed by atoms with van der Waals surface area (Å²) in [6.07, 6.45) is 5.39. The van der Waals surface area contributed by atoms with E-state index in [1.807, 2.05) is 6.07 Å². The quantitative estimate of drug-likeness (QED) is 0.840. The molecule has 2 unspecified atom stereocenters. The zero-order valence-electron chi connectivity index (χ0n) is 11.3. The minimum Gasteiger partial charge on any atom is -0.207 e. The Morgan fingerprint density at radius 2 is 1.80 bits per heavy atom.